The summed E-state index contributed by atoms with van der Waals surface area (Å²) < 4.78 is 5.26. The van der Waals surface area contributed by atoms with Crippen LogP contribution in [-0.4, -0.2) is 24.9 Å². The van der Waals surface area contributed by atoms with Gasteiger partial charge in [0.15, 0.2) is 0 Å². The Balaban J connectivity index is 2.42. The Hall–Kier alpha value is -0.240. The molecule has 1 heterocycles. The van der Waals surface area contributed by atoms with E-state index in [1.807, 2.05) is 0 Å². The van der Waals surface area contributed by atoms with E-state index < -0.39 is 0 Å². The molecule has 1 fully saturated rings. The van der Waals surface area contributed by atoms with Crippen LogP contribution in [0.1, 0.15) is 19.8 Å². The Morgan fingerprint density at radius 1 is 1.55 bits per heavy atom. The zero-order valence-corrected chi connectivity index (χ0v) is 7.62. The van der Waals surface area contributed by atoms with Crippen molar-refractivity contribution in [2.24, 2.45) is 10.4 Å². The molecule has 11 heavy (non-hydrogen) atoms. The molecule has 2 nitrogen and oxygen atoms in total. The van der Waals surface area contributed by atoms with Crippen molar-refractivity contribution in [2.75, 3.05) is 19.8 Å². The van der Waals surface area contributed by atoms with Gasteiger partial charge in [0.25, 0.3) is 0 Å². The Morgan fingerprint density at radius 2 is 2.18 bits per heavy atom. The van der Waals surface area contributed by atoms with Crippen LogP contribution in [0.5, 0.6) is 0 Å². The van der Waals surface area contributed by atoms with Crippen LogP contribution >= 0.6 is 12.2 Å². The SMILES string of the molecule is CC1(CN=C=S)CCOCC1. The smallest absolute Gasteiger partial charge is 0.0585 e. The number of isothiocyanates is 1. The predicted octanol–water partition coefficient (Wildman–Crippen LogP) is 1.91. The average molecular weight is 171 g/mol. The van der Waals surface area contributed by atoms with Crippen molar-refractivity contribution in [1.29, 1.82) is 0 Å². The maximum atomic E-state index is 5.26. The van der Waals surface area contributed by atoms with Crippen LogP contribution in [0.25, 0.3) is 0 Å². The maximum absolute atomic E-state index is 5.26. The van der Waals surface area contributed by atoms with E-state index in [2.05, 4.69) is 29.3 Å². The number of aliphatic imine (C=N–C) groups is 1. The van der Waals surface area contributed by atoms with Gasteiger partial charge in [-0.25, -0.2) is 4.99 Å². The summed E-state index contributed by atoms with van der Waals surface area (Å²) in [6.45, 7) is 4.76. The predicted molar refractivity (Wildman–Crippen MR) is 48.1 cm³/mol. The minimum absolute atomic E-state index is 0.310. The van der Waals surface area contributed by atoms with Gasteiger partial charge < -0.3 is 4.74 Å². The van der Waals surface area contributed by atoms with Gasteiger partial charge in [-0.05, 0) is 30.5 Å². The molecule has 1 rings (SSSR count). The molecule has 0 N–H and O–H groups in total. The fraction of sp³-hybridized carbons (Fsp3) is 0.875. The molecular weight excluding hydrogens is 158 g/mol. The van der Waals surface area contributed by atoms with Crippen LogP contribution in [0, 0.1) is 5.41 Å². The molecule has 0 radical (unpaired) electrons. The van der Waals surface area contributed by atoms with Crippen molar-refractivity contribution in [3.05, 3.63) is 0 Å². The van der Waals surface area contributed by atoms with Gasteiger partial charge in [0.1, 0.15) is 0 Å². The fourth-order valence-electron chi connectivity index (χ4n) is 1.25. The highest BCUT2D eigenvalue weighted by atomic mass is 32.1. The van der Waals surface area contributed by atoms with E-state index >= 15 is 0 Å². The topological polar surface area (TPSA) is 21.6 Å². The van der Waals surface area contributed by atoms with E-state index in [1.165, 1.54) is 0 Å². The van der Waals surface area contributed by atoms with Gasteiger partial charge in [0.2, 0.25) is 0 Å². The highest BCUT2D eigenvalue weighted by Gasteiger charge is 2.26. The van der Waals surface area contributed by atoms with Gasteiger partial charge in [-0.3, -0.25) is 0 Å². The minimum Gasteiger partial charge on any atom is -0.381 e. The highest BCUT2D eigenvalue weighted by molar-refractivity contribution is 7.78. The van der Waals surface area contributed by atoms with Crippen LogP contribution in [0.2, 0.25) is 0 Å². The fourth-order valence-corrected chi connectivity index (χ4v) is 1.31. The summed E-state index contributed by atoms with van der Waals surface area (Å²) in [5, 5.41) is 2.41. The molecular formula is C8H13NOS. The van der Waals surface area contributed by atoms with E-state index in [1.54, 1.807) is 0 Å². The molecule has 1 aliphatic heterocycles. The molecule has 0 spiro atoms. The number of thiocarbonyl (C=S) groups is 1. The van der Waals surface area contributed by atoms with Gasteiger partial charge in [-0.2, -0.15) is 0 Å². The number of rotatable bonds is 2. The lowest BCUT2D eigenvalue weighted by Gasteiger charge is -2.31. The molecule has 0 saturated carbocycles. The van der Waals surface area contributed by atoms with Gasteiger partial charge in [-0.15, -0.1) is 0 Å². The third-order valence-corrected chi connectivity index (χ3v) is 2.35. The van der Waals surface area contributed by atoms with Crippen molar-refractivity contribution in [1.82, 2.24) is 0 Å². The average Bonchev–Trinajstić information content (AvgIpc) is 2.03. The van der Waals surface area contributed by atoms with Crippen LogP contribution < -0.4 is 0 Å². The Labute approximate surface area is 72.7 Å². The summed E-state index contributed by atoms with van der Waals surface area (Å²) in [5.41, 5.74) is 0.310. The van der Waals surface area contributed by atoms with Gasteiger partial charge >= 0.3 is 0 Å². The van der Waals surface area contributed by atoms with E-state index in [9.17, 15) is 0 Å². The van der Waals surface area contributed by atoms with Crippen molar-refractivity contribution >= 4 is 17.4 Å². The van der Waals surface area contributed by atoms with Crippen LogP contribution in [0.4, 0.5) is 0 Å². The third-order valence-electron chi connectivity index (χ3n) is 2.23. The highest BCUT2D eigenvalue weighted by Crippen LogP contribution is 2.29. The molecule has 0 aromatic carbocycles. The van der Waals surface area contributed by atoms with Crippen LogP contribution in [-0.2, 0) is 4.74 Å². The van der Waals surface area contributed by atoms with Crippen molar-refractivity contribution in [3.8, 4) is 0 Å². The molecule has 3 heteroatoms. The van der Waals surface area contributed by atoms with Crippen LogP contribution in [0.15, 0.2) is 4.99 Å². The second-order valence-electron chi connectivity index (χ2n) is 3.33. The van der Waals surface area contributed by atoms with Crippen molar-refractivity contribution < 1.29 is 4.74 Å². The van der Waals surface area contributed by atoms with Gasteiger partial charge in [0, 0.05) is 13.2 Å². The summed E-state index contributed by atoms with van der Waals surface area (Å²) in [6.07, 6.45) is 2.18. The summed E-state index contributed by atoms with van der Waals surface area (Å²) in [4.78, 5) is 3.98. The molecule has 1 aliphatic rings. The van der Waals surface area contributed by atoms with E-state index in [0.29, 0.717) is 5.41 Å². The molecule has 0 aliphatic carbocycles. The maximum Gasteiger partial charge on any atom is 0.0585 e. The summed E-state index contributed by atoms with van der Waals surface area (Å²) >= 11 is 4.52. The van der Waals surface area contributed by atoms with E-state index in [0.717, 1.165) is 32.6 Å². The van der Waals surface area contributed by atoms with Crippen molar-refractivity contribution in [2.45, 2.75) is 19.8 Å². The monoisotopic (exact) mass is 171 g/mol. The summed E-state index contributed by atoms with van der Waals surface area (Å²) in [6, 6.07) is 0. The first-order chi connectivity index (χ1) is 5.27. The van der Waals surface area contributed by atoms with E-state index in [4.69, 9.17) is 4.74 Å². The van der Waals surface area contributed by atoms with Crippen molar-refractivity contribution in [3.63, 3.8) is 0 Å². The number of hydrogen-bond donors (Lipinski definition) is 0. The summed E-state index contributed by atoms with van der Waals surface area (Å²) in [5.74, 6) is 0. The Kier molecular flexibility index (Phi) is 3.18. The Morgan fingerprint density at radius 3 is 2.73 bits per heavy atom. The molecule has 0 atom stereocenters. The molecule has 0 aromatic heterocycles. The molecule has 0 unspecified atom stereocenters. The number of nitrogens with zero attached hydrogens (tertiary/aromatic N) is 1. The normalized spacial score (nSPS) is 22.3. The van der Waals surface area contributed by atoms with E-state index in [-0.39, 0.29) is 0 Å². The minimum atomic E-state index is 0.310. The summed E-state index contributed by atoms with van der Waals surface area (Å²) in [7, 11) is 0. The lowest BCUT2D eigenvalue weighted by atomic mass is 9.83. The molecule has 0 aromatic rings. The number of ether oxygens (including phenoxy) is 1. The molecule has 0 bridgehead atoms. The van der Waals surface area contributed by atoms with Gasteiger partial charge in [-0.1, -0.05) is 6.92 Å². The molecule has 0 amide bonds. The second kappa shape index (κ2) is 3.96. The first-order valence-corrected chi connectivity index (χ1v) is 4.29. The lowest BCUT2D eigenvalue weighted by Crippen LogP contribution is -2.29. The van der Waals surface area contributed by atoms with Gasteiger partial charge in [0.05, 0.1) is 11.7 Å². The number of hydrogen-bond acceptors (Lipinski definition) is 3. The van der Waals surface area contributed by atoms with Crippen LogP contribution in [0.3, 0.4) is 0 Å². The first-order valence-electron chi connectivity index (χ1n) is 3.88. The standard InChI is InChI=1S/C8H13NOS/c1-8(6-9-7-11)2-4-10-5-3-8/h2-6H2,1H3. The quantitative estimate of drug-likeness (QED) is 0.467. The largest absolute Gasteiger partial charge is 0.381 e. The third kappa shape index (κ3) is 2.70. The second-order valence-corrected chi connectivity index (χ2v) is 3.51. The molecule has 1 saturated heterocycles. The zero-order chi connectivity index (χ0) is 8.16. The lowest BCUT2D eigenvalue weighted by molar-refractivity contribution is 0.0284. The first kappa shape index (κ1) is 8.85. The zero-order valence-electron chi connectivity index (χ0n) is 6.80. The molecule has 62 valence electrons. The Bertz CT molecular complexity index is 169.